The van der Waals surface area contributed by atoms with E-state index >= 15 is 0 Å². The fourth-order valence-corrected chi connectivity index (χ4v) is 2.04. The molecule has 2 rings (SSSR count). The number of hydrogen-bond donors (Lipinski definition) is 1. The molecule has 0 radical (unpaired) electrons. The summed E-state index contributed by atoms with van der Waals surface area (Å²) in [6.07, 6.45) is 1.76. The van der Waals surface area contributed by atoms with Gasteiger partial charge in [0.05, 0.1) is 14.2 Å². The number of ether oxygens (including phenoxy) is 2. The Morgan fingerprint density at radius 3 is 2.71 bits per heavy atom. The monoisotopic (exact) mass is 237 g/mol. The normalized spacial score (nSPS) is 16.8. The SMILES string of the molecule is COc1ccnc(CN2CCNCC2)c1OC. The van der Waals surface area contributed by atoms with Gasteiger partial charge >= 0.3 is 0 Å². The largest absolute Gasteiger partial charge is 0.493 e. The van der Waals surface area contributed by atoms with Crippen LogP contribution < -0.4 is 14.8 Å². The van der Waals surface area contributed by atoms with Crippen molar-refractivity contribution >= 4 is 0 Å². The van der Waals surface area contributed by atoms with Crippen molar-refractivity contribution in [2.45, 2.75) is 6.54 Å². The number of methoxy groups -OCH3 is 2. The molecule has 1 saturated heterocycles. The van der Waals surface area contributed by atoms with Crippen molar-refractivity contribution < 1.29 is 9.47 Å². The molecule has 5 nitrogen and oxygen atoms in total. The third-order valence-electron chi connectivity index (χ3n) is 2.95. The van der Waals surface area contributed by atoms with E-state index in [1.165, 1.54) is 0 Å². The minimum Gasteiger partial charge on any atom is -0.493 e. The Labute approximate surface area is 102 Å². The number of nitrogens with zero attached hydrogens (tertiary/aromatic N) is 2. The molecule has 0 spiro atoms. The summed E-state index contributed by atoms with van der Waals surface area (Å²) >= 11 is 0. The molecule has 1 aromatic heterocycles. The smallest absolute Gasteiger partial charge is 0.183 e. The Balaban J connectivity index is 2.13. The Bertz CT molecular complexity index is 365. The van der Waals surface area contributed by atoms with Crippen LogP contribution in [0.25, 0.3) is 0 Å². The van der Waals surface area contributed by atoms with Gasteiger partial charge in [-0.15, -0.1) is 0 Å². The molecular formula is C12H19N3O2. The van der Waals surface area contributed by atoms with Crippen LogP contribution in [0.1, 0.15) is 5.69 Å². The van der Waals surface area contributed by atoms with Gasteiger partial charge in [0.15, 0.2) is 11.5 Å². The van der Waals surface area contributed by atoms with E-state index in [1.54, 1.807) is 20.4 Å². The van der Waals surface area contributed by atoms with Crippen LogP contribution in [0.2, 0.25) is 0 Å². The molecule has 1 aliphatic heterocycles. The van der Waals surface area contributed by atoms with Gasteiger partial charge in [0.25, 0.3) is 0 Å². The molecule has 5 heteroatoms. The summed E-state index contributed by atoms with van der Waals surface area (Å²) in [6.45, 7) is 4.96. The second kappa shape index (κ2) is 5.84. The zero-order valence-electron chi connectivity index (χ0n) is 10.4. The van der Waals surface area contributed by atoms with E-state index in [1.807, 2.05) is 6.07 Å². The summed E-state index contributed by atoms with van der Waals surface area (Å²) < 4.78 is 10.6. The molecule has 1 aromatic rings. The summed E-state index contributed by atoms with van der Waals surface area (Å²) in [5.74, 6) is 1.49. The van der Waals surface area contributed by atoms with E-state index in [4.69, 9.17) is 9.47 Å². The van der Waals surface area contributed by atoms with Gasteiger partial charge in [-0.1, -0.05) is 0 Å². The lowest BCUT2D eigenvalue weighted by atomic mass is 10.2. The second-order valence-electron chi connectivity index (χ2n) is 4.02. The van der Waals surface area contributed by atoms with Gasteiger partial charge in [0, 0.05) is 45.0 Å². The third kappa shape index (κ3) is 2.87. The molecule has 0 atom stereocenters. The minimum absolute atomic E-state index is 0.743. The summed E-state index contributed by atoms with van der Waals surface area (Å²) in [7, 11) is 3.30. The molecule has 0 amide bonds. The second-order valence-corrected chi connectivity index (χ2v) is 4.02. The van der Waals surface area contributed by atoms with Crippen molar-refractivity contribution in [3.05, 3.63) is 18.0 Å². The average molecular weight is 237 g/mol. The highest BCUT2D eigenvalue weighted by Crippen LogP contribution is 2.29. The summed E-state index contributed by atoms with van der Waals surface area (Å²) in [5.41, 5.74) is 0.939. The third-order valence-corrected chi connectivity index (χ3v) is 2.95. The van der Waals surface area contributed by atoms with Gasteiger partial charge in [-0.05, 0) is 0 Å². The molecule has 1 fully saturated rings. The van der Waals surface area contributed by atoms with Gasteiger partial charge in [0.1, 0.15) is 5.69 Å². The lowest BCUT2D eigenvalue weighted by Gasteiger charge is -2.27. The van der Waals surface area contributed by atoms with Crippen LogP contribution in [-0.4, -0.2) is 50.3 Å². The van der Waals surface area contributed by atoms with Gasteiger partial charge in [-0.2, -0.15) is 0 Å². The first kappa shape index (κ1) is 12.1. The van der Waals surface area contributed by atoms with Gasteiger partial charge in [0.2, 0.25) is 0 Å². The highest BCUT2D eigenvalue weighted by molar-refractivity contribution is 5.42. The zero-order valence-corrected chi connectivity index (χ0v) is 10.4. The van der Waals surface area contributed by atoms with Crippen LogP contribution in [0.5, 0.6) is 11.5 Å². The van der Waals surface area contributed by atoms with E-state index in [0.717, 1.165) is 49.9 Å². The molecule has 0 saturated carbocycles. The minimum atomic E-state index is 0.743. The molecule has 0 aromatic carbocycles. The Morgan fingerprint density at radius 1 is 1.29 bits per heavy atom. The van der Waals surface area contributed by atoms with Gasteiger partial charge < -0.3 is 14.8 Å². The Morgan fingerprint density at radius 2 is 2.06 bits per heavy atom. The molecular weight excluding hydrogens is 218 g/mol. The van der Waals surface area contributed by atoms with Crippen LogP contribution >= 0.6 is 0 Å². The average Bonchev–Trinajstić information content (AvgIpc) is 2.39. The van der Waals surface area contributed by atoms with Crippen molar-refractivity contribution in [3.8, 4) is 11.5 Å². The maximum absolute atomic E-state index is 5.38. The van der Waals surface area contributed by atoms with Gasteiger partial charge in [-0.3, -0.25) is 9.88 Å². The molecule has 17 heavy (non-hydrogen) atoms. The highest BCUT2D eigenvalue weighted by atomic mass is 16.5. The Hall–Kier alpha value is -1.33. The standard InChI is InChI=1S/C12H19N3O2/c1-16-11-3-4-14-10(12(11)17-2)9-15-7-5-13-6-8-15/h3-4,13H,5-9H2,1-2H3. The lowest BCUT2D eigenvalue weighted by molar-refractivity contribution is 0.226. The number of piperazine rings is 1. The predicted molar refractivity (Wildman–Crippen MR) is 65.5 cm³/mol. The van der Waals surface area contributed by atoms with Crippen LogP contribution in [0, 0.1) is 0 Å². The Kier molecular flexibility index (Phi) is 4.17. The van der Waals surface area contributed by atoms with Crippen molar-refractivity contribution in [2.75, 3.05) is 40.4 Å². The fourth-order valence-electron chi connectivity index (χ4n) is 2.04. The lowest BCUT2D eigenvalue weighted by Crippen LogP contribution is -2.43. The quantitative estimate of drug-likeness (QED) is 0.826. The summed E-state index contributed by atoms with van der Waals surface area (Å²) in [6, 6.07) is 1.82. The maximum Gasteiger partial charge on any atom is 0.183 e. The first-order valence-corrected chi connectivity index (χ1v) is 5.84. The molecule has 94 valence electrons. The van der Waals surface area contributed by atoms with Crippen molar-refractivity contribution in [1.29, 1.82) is 0 Å². The molecule has 0 unspecified atom stereocenters. The summed E-state index contributed by atoms with van der Waals surface area (Å²) in [5, 5.41) is 3.33. The number of pyridine rings is 1. The zero-order chi connectivity index (χ0) is 12.1. The molecule has 2 heterocycles. The van der Waals surface area contributed by atoms with E-state index in [9.17, 15) is 0 Å². The molecule has 0 bridgehead atoms. The number of aromatic nitrogens is 1. The van der Waals surface area contributed by atoms with E-state index in [-0.39, 0.29) is 0 Å². The fraction of sp³-hybridized carbons (Fsp3) is 0.583. The molecule has 1 N–H and O–H groups in total. The van der Waals surface area contributed by atoms with Crippen molar-refractivity contribution in [3.63, 3.8) is 0 Å². The van der Waals surface area contributed by atoms with Crippen LogP contribution in [-0.2, 0) is 6.54 Å². The number of hydrogen-bond acceptors (Lipinski definition) is 5. The first-order valence-electron chi connectivity index (χ1n) is 5.84. The first-order chi connectivity index (χ1) is 8.35. The maximum atomic E-state index is 5.38. The number of nitrogens with one attached hydrogen (secondary N) is 1. The number of rotatable bonds is 4. The van der Waals surface area contributed by atoms with E-state index < -0.39 is 0 Å². The van der Waals surface area contributed by atoms with Crippen LogP contribution in [0.15, 0.2) is 12.3 Å². The van der Waals surface area contributed by atoms with Gasteiger partial charge in [-0.25, -0.2) is 0 Å². The topological polar surface area (TPSA) is 46.6 Å². The van der Waals surface area contributed by atoms with Crippen LogP contribution in [0.4, 0.5) is 0 Å². The van der Waals surface area contributed by atoms with E-state index in [0.29, 0.717) is 0 Å². The molecule has 1 aliphatic rings. The van der Waals surface area contributed by atoms with Crippen molar-refractivity contribution in [2.24, 2.45) is 0 Å². The van der Waals surface area contributed by atoms with E-state index in [2.05, 4.69) is 15.2 Å². The van der Waals surface area contributed by atoms with Crippen LogP contribution in [0.3, 0.4) is 0 Å². The highest BCUT2D eigenvalue weighted by Gasteiger charge is 2.16. The van der Waals surface area contributed by atoms with Crippen molar-refractivity contribution in [1.82, 2.24) is 15.2 Å². The summed E-state index contributed by atoms with van der Waals surface area (Å²) in [4.78, 5) is 6.75. The predicted octanol–water partition coefficient (Wildman–Crippen LogP) is 0.504. The molecule has 0 aliphatic carbocycles.